The number of benzene rings is 4. The molecule has 7 saturated carbocycles. The number of aromatic nitrogens is 8. The summed E-state index contributed by atoms with van der Waals surface area (Å²) in [6, 6.07) is 43.1. The summed E-state index contributed by atoms with van der Waals surface area (Å²) in [6.07, 6.45) is 37.0. The Morgan fingerprint density at radius 3 is 1.20 bits per heavy atom. The molecule has 137 heavy (non-hydrogen) atoms. The molecule has 11 aliphatic rings. The van der Waals surface area contributed by atoms with Gasteiger partial charge in [-0.05, 0) is 255 Å². The lowest BCUT2D eigenvalue weighted by atomic mass is 9.66. The zero-order chi connectivity index (χ0) is 96.7. The van der Waals surface area contributed by atoms with Gasteiger partial charge < -0.3 is 35.0 Å². The maximum absolute atomic E-state index is 14.3. The van der Waals surface area contributed by atoms with E-state index in [0.29, 0.717) is 87.0 Å². The molecular weight excluding hydrogens is 1730 g/mol. The van der Waals surface area contributed by atoms with Crippen LogP contribution in [-0.4, -0.2) is 249 Å². The molecule has 0 bridgehead atoms. The third kappa shape index (κ3) is 19.1. The van der Waals surface area contributed by atoms with E-state index in [-0.39, 0.29) is 109 Å². The SMILES string of the molecule is CN(C)C1(c2cccc(F)c2)CCC2(CC1)CN(c1cnc(C(=O)NCC3CCC3)nc1)C(=O)N2CC1CCC1.CN(C)C1(c2ccccc2)CCC2(CC1)CN(c1cnc(C#N)nc1)C(=O)N2CC1(C#N)CCC1.CN1C(=O)N(c2cnc(C#N)nc2)CC12CCC(c1cccc(F)c1)(N(C)C)CC2.CNC1(c2ccccc2)CCC2(CC1)CN(c1cnc(C#N)nc1)C(=O)N2CCCOC. The van der Waals surface area contributed by atoms with Gasteiger partial charge >= 0.3 is 24.1 Å². The van der Waals surface area contributed by atoms with Gasteiger partial charge in [0.25, 0.3) is 5.91 Å². The van der Waals surface area contributed by atoms with Crippen molar-refractivity contribution in [1.82, 2.24) is 84.8 Å². The van der Waals surface area contributed by atoms with Gasteiger partial charge in [-0.15, -0.1) is 0 Å². The molecule has 2 N–H and O–H groups in total. The minimum absolute atomic E-state index is 0.000735. The summed E-state index contributed by atoms with van der Waals surface area (Å²) < 4.78 is 33.4. The Labute approximate surface area is 802 Å². The highest BCUT2D eigenvalue weighted by molar-refractivity contribution is 5.98. The summed E-state index contributed by atoms with van der Waals surface area (Å²) in [5, 5.41) is 43.4. The van der Waals surface area contributed by atoms with Gasteiger partial charge in [0.15, 0.2) is 0 Å². The maximum atomic E-state index is 14.3. The number of ether oxygens (including phenoxy) is 1. The summed E-state index contributed by atoms with van der Waals surface area (Å²) in [5.74, 6) is 0.804. The van der Waals surface area contributed by atoms with Crippen LogP contribution in [0.25, 0.3) is 0 Å². The largest absolute Gasteiger partial charge is 0.385 e. The molecule has 4 spiro atoms. The van der Waals surface area contributed by atoms with Crippen LogP contribution in [0, 0.1) is 74.2 Å². The molecule has 718 valence electrons. The monoisotopic (exact) mass is 1860 g/mol. The summed E-state index contributed by atoms with van der Waals surface area (Å²) in [4.78, 5) is 122. The summed E-state index contributed by atoms with van der Waals surface area (Å²) in [6.45, 7) is 5.43. The van der Waals surface area contributed by atoms with Crippen molar-refractivity contribution in [2.75, 3.05) is 142 Å². The topological polar surface area (TPSA) is 353 Å². The first-order valence-electron chi connectivity index (χ1n) is 48.4. The molecule has 33 heteroatoms. The Kier molecular flexibility index (Phi) is 28.9. The molecule has 31 nitrogen and oxygen atoms in total. The Morgan fingerprint density at radius 2 is 0.818 bits per heavy atom. The highest BCUT2D eigenvalue weighted by atomic mass is 19.1. The first kappa shape index (κ1) is 97.5. The Morgan fingerprint density at radius 1 is 0.445 bits per heavy atom. The number of nitrogens with one attached hydrogen (secondary N) is 2. The van der Waals surface area contributed by atoms with E-state index in [1.807, 2.05) is 85.4 Å². The molecule has 9 amide bonds. The van der Waals surface area contributed by atoms with E-state index in [0.717, 1.165) is 159 Å². The molecule has 4 aromatic carbocycles. The van der Waals surface area contributed by atoms with Crippen LogP contribution in [0.3, 0.4) is 0 Å². The average Bonchev–Trinajstić information content (AvgIpc) is 1.62. The Bertz CT molecular complexity index is 5770. The first-order valence-corrected chi connectivity index (χ1v) is 48.4. The zero-order valence-electron chi connectivity index (χ0n) is 80.4. The second kappa shape index (κ2) is 40.6. The van der Waals surface area contributed by atoms with Crippen molar-refractivity contribution in [2.45, 2.75) is 211 Å². The average molecular weight is 1860 g/mol. The van der Waals surface area contributed by atoms with Crippen molar-refractivity contribution in [3.05, 3.63) is 216 Å². The fraction of sp³-hybridized carbons (Fsp3) is 0.529. The zero-order valence-corrected chi connectivity index (χ0v) is 80.4. The predicted octanol–water partition coefficient (Wildman–Crippen LogP) is 15.2. The molecule has 0 radical (unpaired) electrons. The van der Waals surface area contributed by atoms with Crippen molar-refractivity contribution in [3.8, 4) is 24.3 Å². The third-order valence-electron chi connectivity index (χ3n) is 33.1. The van der Waals surface area contributed by atoms with Crippen molar-refractivity contribution < 1.29 is 37.5 Å². The molecule has 4 saturated heterocycles. The van der Waals surface area contributed by atoms with Crippen LogP contribution >= 0.6 is 0 Å². The summed E-state index contributed by atoms with van der Waals surface area (Å²) >= 11 is 0. The number of urea groups is 4. The molecule has 11 fully saturated rings. The van der Waals surface area contributed by atoms with Gasteiger partial charge in [0.05, 0.1) is 132 Å². The predicted molar refractivity (Wildman–Crippen MR) is 514 cm³/mol. The molecule has 8 heterocycles. The number of nitriles is 4. The molecule has 0 atom stereocenters. The van der Waals surface area contributed by atoms with E-state index in [1.54, 1.807) is 88.2 Å². The minimum Gasteiger partial charge on any atom is -0.385 e. The van der Waals surface area contributed by atoms with Gasteiger partial charge in [-0.1, -0.05) is 104 Å². The standard InChI is InChI=1S/C31H41FN6O2.C27H31N7O.C24H30N6O2.C22H25FN6O/c1-36(2)31(24-10-5-11-25(32)16-24)14-12-30(13-15-31)21-37(29(40)38(30)20-23-8-4-9-23)26-18-33-27(34-19-26)28(39)35-17-22-6-3-7-22;1-32(2)27(21-7-4-3-5-8-21)13-11-26(12-14-27)20-33(22-16-30-23(15-28)31-17-22)24(35)34(26)19-25(18-29)9-6-10-25;1-26-24(19-7-4-3-5-8-19)11-9-23(10-12-24)18-29(20-16-27-21(15-25)28-17-20)22(31)30(23)13-6-14-32-2;1-27(2)22(16-5-4-6-17(23)11-16)9-7-21(8-10-22)15-29(20(30)28(21)3)18-13-25-19(12-24)26-14-18/h5,10-11,16,18-19,22-23H,3-4,6-9,12-15,17,20-21H2,1-2H3,(H,35,39);3-5,7-8,16-17H,6,9-14,19-20H2,1-2H3;3-5,7-8,16-17,26H,6,9-14,18H2,1-2H3;4-6,11,13-14H,7-10,15H2,1-3H3. The van der Waals surface area contributed by atoms with Crippen LogP contribution in [0.5, 0.6) is 0 Å². The molecule has 8 aromatic rings. The number of hydrogen-bond acceptors (Lipinski definition) is 22. The van der Waals surface area contributed by atoms with Gasteiger partial charge in [-0.2, -0.15) is 21.0 Å². The quantitative estimate of drug-likeness (QED) is 0.0562. The highest BCUT2D eigenvalue weighted by Gasteiger charge is 2.61. The second-order valence-corrected chi connectivity index (χ2v) is 40.4. The van der Waals surface area contributed by atoms with Crippen LogP contribution in [0.2, 0.25) is 0 Å². The highest BCUT2D eigenvalue weighted by Crippen LogP contribution is 2.56. The second-order valence-electron chi connectivity index (χ2n) is 40.4. The minimum atomic E-state index is -0.449. The van der Waals surface area contributed by atoms with E-state index in [9.17, 15) is 38.0 Å². The molecule has 0 unspecified atom stereocenters. The number of likely N-dealkylation sites (N-methyl/N-ethyl adjacent to an activating group) is 1. The summed E-state index contributed by atoms with van der Waals surface area (Å²) in [7, 11) is 18.1. The lowest BCUT2D eigenvalue weighted by Crippen LogP contribution is -2.57. The van der Waals surface area contributed by atoms with Crippen molar-refractivity contribution in [1.29, 1.82) is 21.0 Å². The molecular formula is C104H127F2N25O6. The van der Waals surface area contributed by atoms with Crippen LogP contribution < -0.4 is 30.2 Å². The van der Waals surface area contributed by atoms with Crippen molar-refractivity contribution in [3.63, 3.8) is 0 Å². The van der Waals surface area contributed by atoms with E-state index >= 15 is 0 Å². The van der Waals surface area contributed by atoms with Gasteiger partial charge in [0, 0.05) is 69.1 Å². The number of anilines is 4. The number of halogens is 2. The molecule has 7 aliphatic carbocycles. The van der Waals surface area contributed by atoms with E-state index in [1.165, 1.54) is 61.3 Å². The van der Waals surface area contributed by atoms with Gasteiger partial charge in [0.2, 0.25) is 23.3 Å². The lowest BCUT2D eigenvalue weighted by Gasteiger charge is -2.52. The van der Waals surface area contributed by atoms with Crippen LogP contribution in [0.1, 0.15) is 217 Å². The molecule has 4 aliphatic heterocycles. The van der Waals surface area contributed by atoms with Crippen molar-refractivity contribution >= 4 is 52.8 Å². The fourth-order valence-electron chi connectivity index (χ4n) is 23.6. The van der Waals surface area contributed by atoms with E-state index in [2.05, 4.69) is 153 Å². The third-order valence-corrected chi connectivity index (χ3v) is 33.1. The number of carbonyl (C=O) groups is 5. The number of nitrogens with zero attached hydrogens (tertiary/aromatic N) is 23. The van der Waals surface area contributed by atoms with Gasteiger partial charge in [0.1, 0.15) is 29.8 Å². The van der Waals surface area contributed by atoms with Gasteiger partial charge in [-0.3, -0.25) is 39.1 Å². The lowest BCUT2D eigenvalue weighted by molar-refractivity contribution is 0.00826. The maximum Gasteiger partial charge on any atom is 0.325 e. The van der Waals surface area contributed by atoms with Crippen molar-refractivity contribution in [2.24, 2.45) is 17.3 Å². The number of carbonyl (C=O) groups excluding carboxylic acids is 5. The van der Waals surface area contributed by atoms with E-state index < -0.39 is 5.41 Å². The number of methoxy groups -OCH3 is 1. The Hall–Kier alpha value is -12.6. The Balaban J connectivity index is 0.000000133. The summed E-state index contributed by atoms with van der Waals surface area (Å²) in [5.41, 5.74) is 4.70. The number of amides is 9. The first-order chi connectivity index (χ1) is 66.0. The van der Waals surface area contributed by atoms with Gasteiger partial charge in [-0.25, -0.2) is 67.8 Å². The van der Waals surface area contributed by atoms with Crippen LogP contribution in [-0.2, 0) is 26.9 Å². The van der Waals surface area contributed by atoms with E-state index in [4.69, 9.17) is 20.5 Å². The smallest absolute Gasteiger partial charge is 0.325 e. The number of rotatable bonds is 23. The molecule has 19 rings (SSSR count). The van der Waals surface area contributed by atoms with Crippen LogP contribution in [0.15, 0.2) is 159 Å². The number of hydrogen-bond donors (Lipinski definition) is 2. The fourth-order valence-corrected chi connectivity index (χ4v) is 23.6. The van der Waals surface area contributed by atoms with Crippen LogP contribution in [0.4, 0.5) is 50.7 Å². The molecule has 4 aromatic heterocycles. The normalized spacial score (nSPS) is 26.7.